The van der Waals surface area contributed by atoms with E-state index in [1.807, 2.05) is 55.5 Å². The smallest absolute Gasteiger partial charge is 0.235 e. The molecule has 0 bridgehead atoms. The summed E-state index contributed by atoms with van der Waals surface area (Å²) in [4.78, 5) is 13.1. The number of nitrogens with zero attached hydrogens (tertiary/aromatic N) is 4. The molecule has 0 atom stereocenters. The van der Waals surface area contributed by atoms with Gasteiger partial charge in [0.2, 0.25) is 4.96 Å². The SMILES string of the molecule is COc1ccc(Cc2nnc3sc(SCC(=O)c4ccc(C)cc4)nn23)cc1. The van der Waals surface area contributed by atoms with E-state index in [1.165, 1.54) is 23.1 Å². The van der Waals surface area contributed by atoms with Gasteiger partial charge in [-0.15, -0.1) is 15.3 Å². The van der Waals surface area contributed by atoms with Crippen LogP contribution in [0.2, 0.25) is 0 Å². The number of Topliss-reactive ketones (excluding diaryl/α,β-unsaturated/α-hetero) is 1. The molecule has 8 heteroatoms. The average Bonchev–Trinajstić information content (AvgIpc) is 3.29. The first-order valence-electron chi connectivity index (χ1n) is 8.69. The fraction of sp³-hybridized carbons (Fsp3) is 0.200. The number of fused-ring (bicyclic) bond motifs is 1. The van der Waals surface area contributed by atoms with Crippen LogP contribution in [0, 0.1) is 6.92 Å². The Labute approximate surface area is 170 Å². The van der Waals surface area contributed by atoms with Crippen molar-refractivity contribution in [3.63, 3.8) is 0 Å². The summed E-state index contributed by atoms with van der Waals surface area (Å²) in [6.07, 6.45) is 0.626. The number of aryl methyl sites for hydroxylation is 1. The highest BCUT2D eigenvalue weighted by atomic mass is 32.2. The van der Waals surface area contributed by atoms with Crippen molar-refractivity contribution in [2.24, 2.45) is 0 Å². The molecule has 4 rings (SSSR count). The third-order valence-corrected chi connectivity index (χ3v) is 6.29. The van der Waals surface area contributed by atoms with Gasteiger partial charge in [-0.3, -0.25) is 4.79 Å². The van der Waals surface area contributed by atoms with Gasteiger partial charge in [-0.05, 0) is 24.6 Å². The van der Waals surface area contributed by atoms with Crippen LogP contribution in [-0.4, -0.2) is 38.5 Å². The van der Waals surface area contributed by atoms with Crippen LogP contribution in [0.1, 0.15) is 27.3 Å². The van der Waals surface area contributed by atoms with E-state index in [0.29, 0.717) is 12.2 Å². The maximum Gasteiger partial charge on any atom is 0.235 e. The minimum atomic E-state index is 0.0921. The molecule has 6 nitrogen and oxygen atoms in total. The summed E-state index contributed by atoms with van der Waals surface area (Å²) < 4.78 is 7.75. The molecule has 2 aromatic carbocycles. The monoisotopic (exact) mass is 410 g/mol. The number of hydrogen-bond donors (Lipinski definition) is 0. The van der Waals surface area contributed by atoms with E-state index in [9.17, 15) is 4.79 Å². The van der Waals surface area contributed by atoms with Crippen molar-refractivity contribution in [3.8, 4) is 5.75 Å². The minimum absolute atomic E-state index is 0.0921. The zero-order chi connectivity index (χ0) is 19.5. The summed E-state index contributed by atoms with van der Waals surface area (Å²) in [7, 11) is 1.65. The molecule has 0 aliphatic rings. The van der Waals surface area contributed by atoms with Gasteiger partial charge in [0.25, 0.3) is 0 Å². The number of hydrogen-bond acceptors (Lipinski definition) is 7. The van der Waals surface area contributed by atoms with Gasteiger partial charge < -0.3 is 4.74 Å². The first-order chi connectivity index (χ1) is 13.6. The highest BCUT2D eigenvalue weighted by molar-refractivity contribution is 8.01. The van der Waals surface area contributed by atoms with E-state index in [2.05, 4.69) is 15.3 Å². The van der Waals surface area contributed by atoms with Crippen molar-refractivity contribution in [3.05, 3.63) is 71.0 Å². The Kier molecular flexibility index (Phi) is 5.40. The topological polar surface area (TPSA) is 69.4 Å². The molecule has 0 N–H and O–H groups in total. The van der Waals surface area contributed by atoms with Gasteiger partial charge in [0.1, 0.15) is 5.75 Å². The quantitative estimate of drug-likeness (QED) is 0.338. The van der Waals surface area contributed by atoms with Crippen LogP contribution in [-0.2, 0) is 6.42 Å². The third kappa shape index (κ3) is 4.07. The lowest BCUT2D eigenvalue weighted by Gasteiger charge is -2.01. The van der Waals surface area contributed by atoms with E-state index < -0.39 is 0 Å². The molecular formula is C20H18N4O2S2. The predicted octanol–water partition coefficient (Wildman–Crippen LogP) is 4.07. The van der Waals surface area contributed by atoms with E-state index in [-0.39, 0.29) is 5.78 Å². The van der Waals surface area contributed by atoms with Gasteiger partial charge in [0, 0.05) is 12.0 Å². The first kappa shape index (κ1) is 18.6. The summed E-state index contributed by atoms with van der Waals surface area (Å²) in [6.45, 7) is 2.01. The molecule has 2 aromatic heterocycles. The summed E-state index contributed by atoms with van der Waals surface area (Å²) in [5.74, 6) is 2.03. The molecule has 28 heavy (non-hydrogen) atoms. The van der Waals surface area contributed by atoms with Crippen LogP contribution in [0.15, 0.2) is 52.9 Å². The molecule has 0 spiro atoms. The van der Waals surface area contributed by atoms with Crippen LogP contribution in [0.4, 0.5) is 0 Å². The average molecular weight is 411 g/mol. The van der Waals surface area contributed by atoms with Crippen LogP contribution < -0.4 is 4.74 Å². The van der Waals surface area contributed by atoms with E-state index in [0.717, 1.165) is 37.6 Å². The van der Waals surface area contributed by atoms with Crippen LogP contribution in [0.5, 0.6) is 5.75 Å². The lowest BCUT2D eigenvalue weighted by Crippen LogP contribution is -2.02. The Bertz CT molecular complexity index is 1100. The fourth-order valence-electron chi connectivity index (χ4n) is 2.68. The molecule has 0 saturated heterocycles. The molecular weight excluding hydrogens is 392 g/mol. The van der Waals surface area contributed by atoms with Crippen LogP contribution >= 0.6 is 23.1 Å². The Morgan fingerprint density at radius 2 is 1.86 bits per heavy atom. The second-order valence-electron chi connectivity index (χ2n) is 6.28. The fourth-order valence-corrected chi connectivity index (χ4v) is 4.47. The molecule has 0 saturated carbocycles. The van der Waals surface area contributed by atoms with Crippen molar-refractivity contribution in [2.45, 2.75) is 17.7 Å². The minimum Gasteiger partial charge on any atom is -0.497 e. The normalized spacial score (nSPS) is 11.1. The standard InChI is InChI=1S/C20H18N4O2S2/c1-13-3-7-15(8-4-13)17(25)12-27-20-23-24-18(21-22-19(24)28-20)11-14-5-9-16(26-2)10-6-14/h3-10H,11-12H2,1-2H3. The molecule has 0 aliphatic carbocycles. The van der Waals surface area contributed by atoms with E-state index >= 15 is 0 Å². The van der Waals surface area contributed by atoms with Crippen molar-refractivity contribution < 1.29 is 9.53 Å². The molecule has 142 valence electrons. The van der Waals surface area contributed by atoms with Crippen molar-refractivity contribution in [1.29, 1.82) is 0 Å². The van der Waals surface area contributed by atoms with E-state index in [4.69, 9.17) is 4.74 Å². The molecule has 2 heterocycles. The highest BCUT2D eigenvalue weighted by Crippen LogP contribution is 2.26. The van der Waals surface area contributed by atoms with E-state index in [1.54, 1.807) is 11.6 Å². The van der Waals surface area contributed by atoms with Gasteiger partial charge in [-0.1, -0.05) is 65.1 Å². The number of methoxy groups -OCH3 is 1. The van der Waals surface area contributed by atoms with Gasteiger partial charge in [-0.2, -0.15) is 4.52 Å². The largest absolute Gasteiger partial charge is 0.497 e. The number of benzene rings is 2. The number of rotatable bonds is 7. The summed E-state index contributed by atoms with van der Waals surface area (Å²) >= 11 is 2.87. The summed E-state index contributed by atoms with van der Waals surface area (Å²) in [6, 6.07) is 15.5. The highest BCUT2D eigenvalue weighted by Gasteiger charge is 2.14. The van der Waals surface area contributed by atoms with Crippen molar-refractivity contribution in [2.75, 3.05) is 12.9 Å². The van der Waals surface area contributed by atoms with Crippen molar-refractivity contribution in [1.82, 2.24) is 19.8 Å². The number of carbonyl (C=O) groups excluding carboxylic acids is 1. The molecule has 0 aliphatic heterocycles. The number of aromatic nitrogens is 4. The number of ketones is 1. The van der Waals surface area contributed by atoms with Gasteiger partial charge in [0.05, 0.1) is 12.9 Å². The zero-order valence-corrected chi connectivity index (χ0v) is 17.1. The Hall–Kier alpha value is -2.71. The Morgan fingerprint density at radius 3 is 2.57 bits per heavy atom. The zero-order valence-electron chi connectivity index (χ0n) is 15.5. The maximum atomic E-state index is 12.4. The van der Waals surface area contributed by atoms with Crippen molar-refractivity contribution >= 4 is 33.8 Å². The Morgan fingerprint density at radius 1 is 1.11 bits per heavy atom. The molecule has 4 aromatic rings. The number of carbonyl (C=O) groups is 1. The lowest BCUT2D eigenvalue weighted by atomic mass is 10.1. The second-order valence-corrected chi connectivity index (χ2v) is 8.46. The van der Waals surface area contributed by atoms with Gasteiger partial charge in [-0.25, -0.2) is 0 Å². The molecule has 0 fully saturated rings. The maximum absolute atomic E-state index is 12.4. The van der Waals surface area contributed by atoms with Gasteiger partial charge >= 0.3 is 0 Å². The third-order valence-electron chi connectivity index (χ3n) is 4.26. The lowest BCUT2D eigenvalue weighted by molar-refractivity contribution is 0.102. The summed E-state index contributed by atoms with van der Waals surface area (Å²) in [5, 5.41) is 13.0. The molecule has 0 radical (unpaired) electrons. The van der Waals surface area contributed by atoms with Crippen LogP contribution in [0.3, 0.4) is 0 Å². The second kappa shape index (κ2) is 8.12. The van der Waals surface area contributed by atoms with Gasteiger partial charge in [0.15, 0.2) is 15.9 Å². The summed E-state index contributed by atoms with van der Waals surface area (Å²) in [5.41, 5.74) is 2.97. The Balaban J connectivity index is 1.44. The number of ether oxygens (including phenoxy) is 1. The predicted molar refractivity (Wildman–Crippen MR) is 111 cm³/mol. The number of thioether (sulfide) groups is 1. The van der Waals surface area contributed by atoms with Crippen LogP contribution in [0.25, 0.3) is 4.96 Å². The molecule has 0 unspecified atom stereocenters. The first-order valence-corrected chi connectivity index (χ1v) is 10.5. The molecule has 0 amide bonds.